The van der Waals surface area contributed by atoms with Gasteiger partial charge in [-0.1, -0.05) is 23.8 Å². The average Bonchev–Trinajstić information content (AvgIpc) is 3.15. The molecule has 2 aromatic carbocycles. The van der Waals surface area contributed by atoms with Crippen LogP contribution in [0.1, 0.15) is 17.5 Å². The molecule has 0 radical (unpaired) electrons. The van der Waals surface area contributed by atoms with Crippen LogP contribution < -0.4 is 9.80 Å². The molecule has 2 fully saturated rings. The van der Waals surface area contributed by atoms with Gasteiger partial charge in [-0.15, -0.1) is 0 Å². The lowest BCUT2D eigenvalue weighted by Crippen LogP contribution is -2.50. The van der Waals surface area contributed by atoms with Crippen LogP contribution in [-0.4, -0.2) is 49.4 Å². The largest absolute Gasteiger partial charge is 0.416 e. The predicted octanol–water partition coefficient (Wildman–Crippen LogP) is 3.72. The lowest BCUT2D eigenvalue weighted by molar-refractivity contribution is -0.137. The van der Waals surface area contributed by atoms with Gasteiger partial charge in [-0.25, -0.2) is 0 Å². The molecule has 5 nitrogen and oxygen atoms in total. The fraction of sp³-hybridized carbons (Fsp3) is 0.391. The van der Waals surface area contributed by atoms with Crippen LogP contribution in [0, 0.1) is 12.8 Å². The first kappa shape index (κ1) is 21.2. The Labute approximate surface area is 179 Å². The summed E-state index contributed by atoms with van der Waals surface area (Å²) in [5.41, 5.74) is 1.72. The monoisotopic (exact) mass is 431 g/mol. The molecule has 0 bridgehead atoms. The SMILES string of the molecule is Cc1ccc(N2C[C@@H](C(=O)N3CCN(c4cccc(C(F)(F)F)c4)CC3)CC2=O)cc1. The van der Waals surface area contributed by atoms with E-state index in [1.807, 2.05) is 36.1 Å². The molecule has 4 rings (SSSR count). The summed E-state index contributed by atoms with van der Waals surface area (Å²) in [6.45, 7) is 4.08. The summed E-state index contributed by atoms with van der Waals surface area (Å²) < 4.78 is 38.9. The number of hydrogen-bond acceptors (Lipinski definition) is 3. The van der Waals surface area contributed by atoms with Gasteiger partial charge in [0.1, 0.15) is 0 Å². The van der Waals surface area contributed by atoms with Crippen LogP contribution in [0.4, 0.5) is 24.5 Å². The van der Waals surface area contributed by atoms with E-state index in [0.717, 1.165) is 23.4 Å². The number of carbonyl (C=O) groups excluding carboxylic acids is 2. The molecule has 8 heteroatoms. The fourth-order valence-electron chi connectivity index (χ4n) is 4.17. The van der Waals surface area contributed by atoms with Gasteiger partial charge in [0, 0.05) is 50.5 Å². The quantitative estimate of drug-likeness (QED) is 0.744. The van der Waals surface area contributed by atoms with E-state index < -0.39 is 17.7 Å². The maximum absolute atomic E-state index is 13.0. The highest BCUT2D eigenvalue weighted by molar-refractivity contribution is 6.00. The third-order valence-corrected chi connectivity index (χ3v) is 5.95. The van der Waals surface area contributed by atoms with Gasteiger partial charge in [-0.05, 0) is 37.3 Å². The van der Waals surface area contributed by atoms with E-state index in [1.54, 1.807) is 15.9 Å². The number of benzene rings is 2. The zero-order chi connectivity index (χ0) is 22.2. The molecule has 0 unspecified atom stereocenters. The van der Waals surface area contributed by atoms with Gasteiger partial charge < -0.3 is 14.7 Å². The van der Waals surface area contributed by atoms with E-state index in [1.165, 1.54) is 6.07 Å². The van der Waals surface area contributed by atoms with Crippen LogP contribution in [0.2, 0.25) is 0 Å². The van der Waals surface area contributed by atoms with E-state index in [9.17, 15) is 22.8 Å². The van der Waals surface area contributed by atoms with Gasteiger partial charge in [0.2, 0.25) is 11.8 Å². The molecule has 0 aliphatic carbocycles. The van der Waals surface area contributed by atoms with Crippen molar-refractivity contribution < 1.29 is 22.8 Å². The molecule has 31 heavy (non-hydrogen) atoms. The Morgan fingerprint density at radius 1 is 0.968 bits per heavy atom. The molecule has 2 aromatic rings. The molecule has 2 saturated heterocycles. The number of halogens is 3. The van der Waals surface area contributed by atoms with E-state index >= 15 is 0 Å². The Bertz CT molecular complexity index is 967. The van der Waals surface area contributed by atoms with Crippen LogP contribution >= 0.6 is 0 Å². The lowest BCUT2D eigenvalue weighted by Gasteiger charge is -2.37. The number of piperazine rings is 1. The van der Waals surface area contributed by atoms with E-state index in [-0.39, 0.29) is 18.2 Å². The first-order valence-corrected chi connectivity index (χ1v) is 10.3. The molecule has 0 aromatic heterocycles. The third-order valence-electron chi connectivity index (χ3n) is 5.95. The van der Waals surface area contributed by atoms with Crippen molar-refractivity contribution in [3.05, 3.63) is 59.7 Å². The molecule has 0 saturated carbocycles. The van der Waals surface area contributed by atoms with Gasteiger partial charge in [-0.2, -0.15) is 13.2 Å². The van der Waals surface area contributed by atoms with Crippen LogP contribution in [-0.2, 0) is 15.8 Å². The summed E-state index contributed by atoms with van der Waals surface area (Å²) in [6.07, 6.45) is -4.20. The van der Waals surface area contributed by atoms with Crippen molar-refractivity contribution in [2.45, 2.75) is 19.5 Å². The first-order valence-electron chi connectivity index (χ1n) is 10.3. The number of anilines is 2. The Balaban J connectivity index is 1.37. The van der Waals surface area contributed by atoms with Gasteiger partial charge in [0.05, 0.1) is 11.5 Å². The zero-order valence-corrected chi connectivity index (χ0v) is 17.2. The maximum atomic E-state index is 13.0. The number of hydrogen-bond donors (Lipinski definition) is 0. The minimum atomic E-state index is -4.38. The molecule has 0 spiro atoms. The first-order chi connectivity index (χ1) is 14.7. The van der Waals surface area contributed by atoms with Crippen molar-refractivity contribution in [3.63, 3.8) is 0 Å². The summed E-state index contributed by atoms with van der Waals surface area (Å²) in [5, 5.41) is 0. The molecule has 2 heterocycles. The van der Waals surface area contributed by atoms with Crippen LogP contribution in [0.5, 0.6) is 0 Å². The highest BCUT2D eigenvalue weighted by Gasteiger charge is 2.38. The second-order valence-corrected chi connectivity index (χ2v) is 8.10. The molecular weight excluding hydrogens is 407 g/mol. The average molecular weight is 431 g/mol. The summed E-state index contributed by atoms with van der Waals surface area (Å²) in [6, 6.07) is 12.9. The van der Waals surface area contributed by atoms with Gasteiger partial charge >= 0.3 is 6.18 Å². The fourth-order valence-corrected chi connectivity index (χ4v) is 4.17. The summed E-state index contributed by atoms with van der Waals surface area (Å²) in [5.74, 6) is -0.523. The van der Waals surface area contributed by atoms with Gasteiger partial charge in [0.25, 0.3) is 0 Å². The molecule has 2 aliphatic heterocycles. The van der Waals surface area contributed by atoms with Crippen molar-refractivity contribution in [2.24, 2.45) is 5.92 Å². The van der Waals surface area contributed by atoms with Crippen molar-refractivity contribution in [1.82, 2.24) is 4.90 Å². The second-order valence-electron chi connectivity index (χ2n) is 8.10. The van der Waals surface area contributed by atoms with Crippen molar-refractivity contribution in [2.75, 3.05) is 42.5 Å². The van der Waals surface area contributed by atoms with E-state index in [0.29, 0.717) is 38.4 Å². The van der Waals surface area contributed by atoms with Gasteiger partial charge in [-0.3, -0.25) is 9.59 Å². The van der Waals surface area contributed by atoms with Crippen molar-refractivity contribution in [1.29, 1.82) is 0 Å². The Hall–Kier alpha value is -3.03. The number of rotatable bonds is 3. The molecule has 2 amide bonds. The molecular formula is C23H24F3N3O2. The van der Waals surface area contributed by atoms with Crippen LogP contribution in [0.25, 0.3) is 0 Å². The number of nitrogens with zero attached hydrogens (tertiary/aromatic N) is 3. The minimum absolute atomic E-state index is 0.0633. The summed E-state index contributed by atoms with van der Waals surface area (Å²) in [4.78, 5) is 30.7. The zero-order valence-electron chi connectivity index (χ0n) is 17.2. The van der Waals surface area contributed by atoms with E-state index in [2.05, 4.69) is 0 Å². The minimum Gasteiger partial charge on any atom is -0.368 e. The molecule has 0 N–H and O–H groups in total. The number of alkyl halides is 3. The standard InChI is InChI=1S/C23H24F3N3O2/c1-16-5-7-19(8-6-16)29-15-17(13-21(29)30)22(31)28-11-9-27(10-12-28)20-4-2-3-18(14-20)23(24,25)26/h2-8,14,17H,9-13,15H2,1H3/t17-/m0/s1. The normalized spacial score (nSPS) is 19.8. The van der Waals surface area contributed by atoms with Crippen molar-refractivity contribution in [3.8, 4) is 0 Å². The van der Waals surface area contributed by atoms with Crippen molar-refractivity contribution >= 4 is 23.2 Å². The topological polar surface area (TPSA) is 43.9 Å². The predicted molar refractivity (Wildman–Crippen MR) is 112 cm³/mol. The highest BCUT2D eigenvalue weighted by atomic mass is 19.4. The third kappa shape index (κ3) is 4.52. The van der Waals surface area contributed by atoms with Crippen LogP contribution in [0.3, 0.4) is 0 Å². The molecule has 164 valence electrons. The summed E-state index contributed by atoms with van der Waals surface area (Å²) in [7, 11) is 0. The van der Waals surface area contributed by atoms with Crippen LogP contribution in [0.15, 0.2) is 48.5 Å². The molecule has 1 atom stereocenters. The number of aryl methyl sites for hydroxylation is 1. The van der Waals surface area contributed by atoms with Gasteiger partial charge in [0.15, 0.2) is 0 Å². The number of carbonyl (C=O) groups is 2. The Morgan fingerprint density at radius 2 is 1.65 bits per heavy atom. The second kappa shape index (κ2) is 8.24. The summed E-state index contributed by atoms with van der Waals surface area (Å²) >= 11 is 0. The maximum Gasteiger partial charge on any atom is 0.416 e. The lowest BCUT2D eigenvalue weighted by atomic mass is 10.1. The van der Waals surface area contributed by atoms with E-state index in [4.69, 9.17) is 0 Å². The number of amides is 2. The highest BCUT2D eigenvalue weighted by Crippen LogP contribution is 2.32. The Morgan fingerprint density at radius 3 is 2.29 bits per heavy atom. The smallest absolute Gasteiger partial charge is 0.368 e. The Kier molecular flexibility index (Phi) is 5.64. The molecule has 2 aliphatic rings.